The summed E-state index contributed by atoms with van der Waals surface area (Å²) in [7, 11) is -1.07. The van der Waals surface area contributed by atoms with Gasteiger partial charge in [-0.2, -0.15) is 9.57 Å². The summed E-state index contributed by atoms with van der Waals surface area (Å²) in [5, 5.41) is 7.53. The lowest BCUT2D eigenvalue weighted by molar-refractivity contribution is -0.140. The number of rotatable bonds is 8. The molecule has 0 saturated heterocycles. The standard InChI is InChI=1S/C10H18N2O5S/c1-9(8-11)18(14,15)12(6-7-16-2)5-4-10(13)17-3/h9H,4-7H2,1-3H3. The number of ether oxygens (including phenoxy) is 2. The molecule has 0 aliphatic rings. The van der Waals surface area contributed by atoms with Crippen LogP contribution < -0.4 is 0 Å². The lowest BCUT2D eigenvalue weighted by Gasteiger charge is -2.22. The molecule has 0 N–H and O–H groups in total. The van der Waals surface area contributed by atoms with Gasteiger partial charge in [0.15, 0.2) is 5.25 Å². The molecule has 0 aromatic carbocycles. The lowest BCUT2D eigenvalue weighted by atomic mass is 10.4. The van der Waals surface area contributed by atoms with Gasteiger partial charge in [0, 0.05) is 20.2 Å². The second kappa shape index (κ2) is 8.02. The number of hydrogen-bond donors (Lipinski definition) is 0. The molecular weight excluding hydrogens is 260 g/mol. The smallest absolute Gasteiger partial charge is 0.306 e. The first-order valence-electron chi connectivity index (χ1n) is 5.34. The van der Waals surface area contributed by atoms with Crippen LogP contribution in [0.3, 0.4) is 0 Å². The van der Waals surface area contributed by atoms with Gasteiger partial charge in [0.2, 0.25) is 10.0 Å². The SMILES string of the molecule is COCCN(CCC(=O)OC)S(=O)(=O)C(C)C#N. The lowest BCUT2D eigenvalue weighted by Crippen LogP contribution is -2.40. The first-order valence-corrected chi connectivity index (χ1v) is 6.84. The highest BCUT2D eigenvalue weighted by Crippen LogP contribution is 2.09. The van der Waals surface area contributed by atoms with Crippen molar-refractivity contribution < 1.29 is 22.7 Å². The van der Waals surface area contributed by atoms with Crippen LogP contribution in [0.15, 0.2) is 0 Å². The van der Waals surface area contributed by atoms with Crippen LogP contribution in [0, 0.1) is 11.3 Å². The highest BCUT2D eigenvalue weighted by molar-refractivity contribution is 7.89. The normalized spacial score (nSPS) is 13.1. The largest absolute Gasteiger partial charge is 0.469 e. The Morgan fingerprint density at radius 1 is 1.39 bits per heavy atom. The van der Waals surface area contributed by atoms with Crippen LogP contribution in [0.5, 0.6) is 0 Å². The molecular formula is C10H18N2O5S. The molecule has 1 atom stereocenters. The van der Waals surface area contributed by atoms with Gasteiger partial charge in [-0.3, -0.25) is 4.79 Å². The number of esters is 1. The summed E-state index contributed by atoms with van der Waals surface area (Å²) < 4.78 is 34.3. The minimum absolute atomic E-state index is 0.0234. The third kappa shape index (κ3) is 5.00. The number of carbonyl (C=O) groups excluding carboxylic acids is 1. The fraction of sp³-hybridized carbons (Fsp3) is 0.800. The second-order valence-corrected chi connectivity index (χ2v) is 5.79. The van der Waals surface area contributed by atoms with Crippen LogP contribution in [0.25, 0.3) is 0 Å². The number of hydrogen-bond acceptors (Lipinski definition) is 6. The Morgan fingerprint density at radius 2 is 2.00 bits per heavy atom. The van der Waals surface area contributed by atoms with Gasteiger partial charge < -0.3 is 9.47 Å². The van der Waals surface area contributed by atoms with Crippen molar-refractivity contribution in [3.63, 3.8) is 0 Å². The van der Waals surface area contributed by atoms with Gasteiger partial charge in [-0.1, -0.05) is 0 Å². The number of sulfonamides is 1. The molecule has 0 aliphatic carbocycles. The monoisotopic (exact) mass is 278 g/mol. The third-order valence-electron chi connectivity index (χ3n) is 2.33. The molecule has 0 spiro atoms. The summed E-state index contributed by atoms with van der Waals surface area (Å²) in [6.07, 6.45) is -0.0579. The van der Waals surface area contributed by atoms with E-state index in [9.17, 15) is 13.2 Å². The Labute approximate surface area is 107 Å². The summed E-state index contributed by atoms with van der Waals surface area (Å²) in [6.45, 7) is 1.57. The Morgan fingerprint density at radius 3 is 2.44 bits per heavy atom. The molecule has 0 amide bonds. The minimum Gasteiger partial charge on any atom is -0.469 e. The van der Waals surface area contributed by atoms with Gasteiger partial charge in [0.05, 0.1) is 26.2 Å². The van der Waals surface area contributed by atoms with Crippen LogP contribution >= 0.6 is 0 Å². The zero-order valence-corrected chi connectivity index (χ0v) is 11.6. The Hall–Kier alpha value is -1.17. The number of carbonyl (C=O) groups is 1. The molecule has 0 aromatic heterocycles. The zero-order valence-electron chi connectivity index (χ0n) is 10.7. The first kappa shape index (κ1) is 16.8. The Kier molecular flexibility index (Phi) is 7.50. The molecule has 18 heavy (non-hydrogen) atoms. The molecule has 0 aromatic rings. The minimum atomic E-state index is -3.74. The zero-order chi connectivity index (χ0) is 14.2. The molecule has 0 heterocycles. The first-order chi connectivity index (χ1) is 8.39. The molecule has 0 saturated carbocycles. The van der Waals surface area contributed by atoms with E-state index in [4.69, 9.17) is 10.00 Å². The predicted octanol–water partition coefficient (Wildman–Crippen LogP) is -0.260. The van der Waals surface area contributed by atoms with Gasteiger partial charge in [-0.15, -0.1) is 0 Å². The second-order valence-electron chi connectivity index (χ2n) is 3.53. The number of nitriles is 1. The number of methoxy groups -OCH3 is 2. The van der Waals surface area contributed by atoms with Crippen molar-refractivity contribution in [1.29, 1.82) is 5.26 Å². The summed E-state index contributed by atoms with van der Waals surface area (Å²) in [4.78, 5) is 11.0. The van der Waals surface area contributed by atoms with Crippen molar-refractivity contribution in [1.82, 2.24) is 4.31 Å². The summed E-state index contributed by atoms with van der Waals surface area (Å²) >= 11 is 0. The van der Waals surface area contributed by atoms with Crippen molar-refractivity contribution in [3.8, 4) is 6.07 Å². The van der Waals surface area contributed by atoms with E-state index in [1.54, 1.807) is 6.07 Å². The van der Waals surface area contributed by atoms with Gasteiger partial charge in [-0.25, -0.2) is 8.42 Å². The molecule has 7 nitrogen and oxygen atoms in total. The van der Waals surface area contributed by atoms with Crippen molar-refractivity contribution in [2.75, 3.05) is 33.9 Å². The molecule has 0 fully saturated rings. The average Bonchev–Trinajstić information content (AvgIpc) is 2.36. The predicted molar refractivity (Wildman–Crippen MR) is 64.1 cm³/mol. The van der Waals surface area contributed by atoms with E-state index in [1.165, 1.54) is 21.1 Å². The van der Waals surface area contributed by atoms with E-state index >= 15 is 0 Å². The fourth-order valence-electron chi connectivity index (χ4n) is 1.17. The Balaban J connectivity index is 4.78. The fourth-order valence-corrected chi connectivity index (χ4v) is 2.42. The molecule has 0 radical (unpaired) electrons. The van der Waals surface area contributed by atoms with Crippen molar-refractivity contribution in [2.45, 2.75) is 18.6 Å². The highest BCUT2D eigenvalue weighted by Gasteiger charge is 2.28. The van der Waals surface area contributed by atoms with E-state index in [-0.39, 0.29) is 26.1 Å². The van der Waals surface area contributed by atoms with Crippen LogP contribution in [0.4, 0.5) is 0 Å². The van der Waals surface area contributed by atoms with Crippen LogP contribution in [-0.2, 0) is 24.3 Å². The average molecular weight is 278 g/mol. The molecule has 1 unspecified atom stereocenters. The molecule has 0 rings (SSSR count). The maximum Gasteiger partial charge on any atom is 0.306 e. The van der Waals surface area contributed by atoms with Gasteiger partial charge in [-0.05, 0) is 6.92 Å². The quantitative estimate of drug-likeness (QED) is 0.567. The van der Waals surface area contributed by atoms with E-state index < -0.39 is 21.2 Å². The van der Waals surface area contributed by atoms with Gasteiger partial charge in [0.1, 0.15) is 0 Å². The van der Waals surface area contributed by atoms with Crippen LogP contribution in [0.2, 0.25) is 0 Å². The van der Waals surface area contributed by atoms with E-state index in [1.807, 2.05) is 0 Å². The molecule has 0 aliphatic heterocycles. The van der Waals surface area contributed by atoms with Crippen molar-refractivity contribution in [2.24, 2.45) is 0 Å². The summed E-state index contributed by atoms with van der Waals surface area (Å²) in [5.41, 5.74) is 0. The molecule has 104 valence electrons. The van der Waals surface area contributed by atoms with Crippen LogP contribution in [0.1, 0.15) is 13.3 Å². The van der Waals surface area contributed by atoms with Crippen molar-refractivity contribution in [3.05, 3.63) is 0 Å². The number of nitrogens with zero attached hydrogens (tertiary/aromatic N) is 2. The molecule has 0 bridgehead atoms. The van der Waals surface area contributed by atoms with E-state index in [2.05, 4.69) is 4.74 Å². The van der Waals surface area contributed by atoms with Gasteiger partial charge >= 0.3 is 5.97 Å². The summed E-state index contributed by atoms with van der Waals surface area (Å²) in [6, 6.07) is 1.68. The maximum absolute atomic E-state index is 12.0. The Bertz CT molecular complexity index is 401. The maximum atomic E-state index is 12.0. The summed E-state index contributed by atoms with van der Waals surface area (Å²) in [5.74, 6) is -0.503. The topological polar surface area (TPSA) is 96.7 Å². The molecule has 8 heteroatoms. The van der Waals surface area contributed by atoms with E-state index in [0.29, 0.717) is 0 Å². The third-order valence-corrected chi connectivity index (χ3v) is 4.41. The van der Waals surface area contributed by atoms with E-state index in [0.717, 1.165) is 4.31 Å². The van der Waals surface area contributed by atoms with Gasteiger partial charge in [0.25, 0.3) is 0 Å². The van der Waals surface area contributed by atoms with Crippen molar-refractivity contribution >= 4 is 16.0 Å². The highest BCUT2D eigenvalue weighted by atomic mass is 32.2. The van der Waals surface area contributed by atoms with Crippen LogP contribution in [-0.4, -0.2) is 57.9 Å².